The van der Waals surface area contributed by atoms with Gasteiger partial charge in [-0.2, -0.15) is 5.26 Å². The number of nitro groups is 1. The second kappa shape index (κ2) is 13.0. The predicted octanol–water partition coefficient (Wildman–Crippen LogP) is 2.86. The van der Waals surface area contributed by atoms with E-state index in [-0.39, 0.29) is 16.8 Å². The van der Waals surface area contributed by atoms with Crippen molar-refractivity contribution in [2.45, 2.75) is 6.42 Å². The van der Waals surface area contributed by atoms with Crippen molar-refractivity contribution in [2.24, 2.45) is 0 Å². The second-order valence-electron chi connectivity index (χ2n) is 7.15. The Labute approximate surface area is 199 Å². The number of nitrogens with zero attached hydrogens (tertiary/aromatic N) is 5. The molecule has 2 rings (SSSR count). The van der Waals surface area contributed by atoms with E-state index in [0.29, 0.717) is 49.2 Å². The van der Waals surface area contributed by atoms with Crippen LogP contribution in [0.15, 0.2) is 12.1 Å². The van der Waals surface area contributed by atoms with Gasteiger partial charge in [0.25, 0.3) is 11.6 Å². The molecule has 1 aliphatic rings. The van der Waals surface area contributed by atoms with E-state index in [1.54, 1.807) is 7.05 Å². The molecule has 0 bridgehead atoms. The molecule has 0 saturated carbocycles. The number of rotatable bonds is 11. The molecule has 1 heterocycles. The van der Waals surface area contributed by atoms with Gasteiger partial charge in [-0.1, -0.05) is 31.9 Å². The lowest BCUT2D eigenvalue weighted by Gasteiger charge is -2.27. The average molecular weight is 561 g/mol. The first-order valence-electron chi connectivity index (χ1n) is 10.1. The third-order valence-corrected chi connectivity index (χ3v) is 5.84. The zero-order valence-corrected chi connectivity index (χ0v) is 20.7. The Bertz CT molecular complexity index is 805. The zero-order valence-electron chi connectivity index (χ0n) is 17.6. The highest BCUT2D eigenvalue weighted by Crippen LogP contribution is 2.30. The van der Waals surface area contributed by atoms with Gasteiger partial charge in [0.05, 0.1) is 29.4 Å². The van der Waals surface area contributed by atoms with Gasteiger partial charge in [0.2, 0.25) is 0 Å². The Kier molecular flexibility index (Phi) is 10.7. The van der Waals surface area contributed by atoms with Crippen LogP contribution in [0.25, 0.3) is 0 Å². The van der Waals surface area contributed by atoms with Crippen molar-refractivity contribution in [3.63, 3.8) is 0 Å². The van der Waals surface area contributed by atoms with E-state index in [9.17, 15) is 20.2 Å². The van der Waals surface area contributed by atoms with E-state index in [4.69, 9.17) is 4.74 Å². The van der Waals surface area contributed by atoms with Crippen molar-refractivity contribution in [3.8, 4) is 6.07 Å². The highest BCUT2D eigenvalue weighted by atomic mass is 79.9. The average Bonchev–Trinajstić information content (AvgIpc) is 2.78. The standard InChI is InChI=1S/C20H27Br2N5O4/c1-24(5-2-6-25-9-11-31-12-10-25)20(28)17-14-18(26(7-3-21)8-4-22)16(15-23)13-19(17)27(29)30/h13-14H,2-12H2,1H3. The van der Waals surface area contributed by atoms with Crippen LogP contribution in [0, 0.1) is 21.4 Å². The quantitative estimate of drug-likeness (QED) is 0.233. The highest BCUT2D eigenvalue weighted by molar-refractivity contribution is 9.09. The summed E-state index contributed by atoms with van der Waals surface area (Å²) in [7, 11) is 1.65. The molecule has 1 fully saturated rings. The summed E-state index contributed by atoms with van der Waals surface area (Å²) >= 11 is 6.80. The van der Waals surface area contributed by atoms with Crippen LogP contribution in [-0.4, -0.2) is 90.8 Å². The number of amides is 1. The number of ether oxygens (including phenoxy) is 1. The van der Waals surface area contributed by atoms with Crippen molar-refractivity contribution in [1.82, 2.24) is 9.80 Å². The number of morpholine rings is 1. The Morgan fingerprint density at radius 2 is 1.90 bits per heavy atom. The van der Waals surface area contributed by atoms with E-state index in [2.05, 4.69) is 36.8 Å². The monoisotopic (exact) mass is 559 g/mol. The number of alkyl halides is 2. The summed E-state index contributed by atoms with van der Waals surface area (Å²) in [6, 6.07) is 4.73. The van der Waals surface area contributed by atoms with Gasteiger partial charge in [-0.3, -0.25) is 19.8 Å². The number of carbonyl (C=O) groups is 1. The van der Waals surface area contributed by atoms with Crippen LogP contribution in [0.1, 0.15) is 22.3 Å². The number of nitro benzene ring substituents is 1. The fraction of sp³-hybridized carbons (Fsp3) is 0.600. The SMILES string of the molecule is CN(CCCN1CCOCC1)C(=O)c1cc(N(CCBr)CCBr)c(C#N)cc1[N+](=O)[O-]. The van der Waals surface area contributed by atoms with Crippen LogP contribution in [0.2, 0.25) is 0 Å². The van der Waals surface area contributed by atoms with Gasteiger partial charge in [0.15, 0.2) is 0 Å². The van der Waals surface area contributed by atoms with E-state index in [1.165, 1.54) is 17.0 Å². The molecule has 1 aromatic carbocycles. The topological polar surface area (TPSA) is 103 Å². The lowest BCUT2D eigenvalue weighted by atomic mass is 10.0. The molecule has 0 aliphatic carbocycles. The van der Waals surface area contributed by atoms with Crippen molar-refractivity contribution in [3.05, 3.63) is 33.4 Å². The molecule has 0 atom stereocenters. The fourth-order valence-corrected chi connectivity index (χ4v) is 4.33. The third-order valence-electron chi connectivity index (χ3n) is 5.13. The molecule has 0 aromatic heterocycles. The first-order valence-corrected chi connectivity index (χ1v) is 12.3. The molecule has 0 unspecified atom stereocenters. The van der Waals surface area contributed by atoms with Gasteiger partial charge in [-0.05, 0) is 12.5 Å². The summed E-state index contributed by atoms with van der Waals surface area (Å²) in [5.41, 5.74) is 0.363. The maximum absolute atomic E-state index is 13.1. The van der Waals surface area contributed by atoms with Gasteiger partial charge in [-0.15, -0.1) is 0 Å². The summed E-state index contributed by atoms with van der Waals surface area (Å²) in [6.07, 6.45) is 0.762. The number of carbonyl (C=O) groups excluding carboxylic acids is 1. The fourth-order valence-electron chi connectivity index (χ4n) is 3.47. The van der Waals surface area contributed by atoms with Crippen LogP contribution in [0.5, 0.6) is 0 Å². The predicted molar refractivity (Wildman–Crippen MR) is 126 cm³/mol. The molecular weight excluding hydrogens is 534 g/mol. The summed E-state index contributed by atoms with van der Waals surface area (Å²) in [5.74, 6) is -0.419. The molecular formula is C20H27Br2N5O4. The second-order valence-corrected chi connectivity index (χ2v) is 8.74. The number of hydrogen-bond acceptors (Lipinski definition) is 7. The van der Waals surface area contributed by atoms with Crippen molar-refractivity contribution < 1.29 is 14.5 Å². The van der Waals surface area contributed by atoms with E-state index in [1.807, 2.05) is 11.0 Å². The van der Waals surface area contributed by atoms with Gasteiger partial charge in [-0.25, -0.2) is 0 Å². The molecule has 1 aliphatic heterocycles. The van der Waals surface area contributed by atoms with E-state index < -0.39 is 10.8 Å². The van der Waals surface area contributed by atoms with Gasteiger partial charge < -0.3 is 14.5 Å². The minimum Gasteiger partial charge on any atom is -0.379 e. The Balaban J connectivity index is 2.24. The molecule has 0 radical (unpaired) electrons. The minimum absolute atomic E-state index is 0.00187. The van der Waals surface area contributed by atoms with Crippen molar-refractivity contribution in [2.75, 3.05) is 75.1 Å². The van der Waals surface area contributed by atoms with Crippen LogP contribution >= 0.6 is 31.9 Å². The maximum atomic E-state index is 13.1. The largest absolute Gasteiger partial charge is 0.379 e. The molecule has 0 spiro atoms. The molecule has 0 N–H and O–H groups in total. The molecule has 1 saturated heterocycles. The maximum Gasteiger partial charge on any atom is 0.283 e. The first kappa shape index (κ1) is 25.5. The molecule has 1 amide bonds. The Morgan fingerprint density at radius 3 is 2.45 bits per heavy atom. The Morgan fingerprint density at radius 1 is 1.26 bits per heavy atom. The zero-order chi connectivity index (χ0) is 22.8. The van der Waals surface area contributed by atoms with Crippen LogP contribution < -0.4 is 4.90 Å². The minimum atomic E-state index is -0.598. The molecule has 1 aromatic rings. The van der Waals surface area contributed by atoms with Crippen molar-refractivity contribution >= 4 is 49.1 Å². The van der Waals surface area contributed by atoms with Gasteiger partial charge >= 0.3 is 0 Å². The molecule has 11 heteroatoms. The van der Waals surface area contributed by atoms with Crippen LogP contribution in [0.3, 0.4) is 0 Å². The smallest absolute Gasteiger partial charge is 0.283 e. The third kappa shape index (κ3) is 7.14. The summed E-state index contributed by atoms with van der Waals surface area (Å²) in [4.78, 5) is 29.9. The summed E-state index contributed by atoms with van der Waals surface area (Å²) in [6.45, 7) is 5.70. The van der Waals surface area contributed by atoms with Crippen LogP contribution in [0.4, 0.5) is 11.4 Å². The van der Waals surface area contributed by atoms with E-state index >= 15 is 0 Å². The first-order chi connectivity index (χ1) is 14.9. The van der Waals surface area contributed by atoms with Crippen LogP contribution in [-0.2, 0) is 4.74 Å². The number of hydrogen-bond donors (Lipinski definition) is 0. The lowest BCUT2D eigenvalue weighted by Crippen LogP contribution is -2.38. The molecule has 170 valence electrons. The highest BCUT2D eigenvalue weighted by Gasteiger charge is 2.27. The van der Waals surface area contributed by atoms with E-state index in [0.717, 1.165) is 26.1 Å². The normalized spacial score (nSPS) is 14.1. The number of benzene rings is 1. The van der Waals surface area contributed by atoms with Gasteiger partial charge in [0.1, 0.15) is 11.6 Å². The van der Waals surface area contributed by atoms with Gasteiger partial charge in [0, 0.05) is 63.0 Å². The number of anilines is 1. The summed E-state index contributed by atoms with van der Waals surface area (Å²) in [5, 5.41) is 22.5. The van der Waals surface area contributed by atoms with Crippen molar-refractivity contribution in [1.29, 1.82) is 5.26 Å². The number of nitriles is 1. The lowest BCUT2D eigenvalue weighted by molar-refractivity contribution is -0.385. The Hall–Kier alpha value is -1.74. The summed E-state index contributed by atoms with van der Waals surface area (Å²) < 4.78 is 5.34. The number of halogens is 2. The molecule has 31 heavy (non-hydrogen) atoms. The molecule has 9 nitrogen and oxygen atoms in total.